The molecular formula is C12H26O. The van der Waals surface area contributed by atoms with Crippen molar-refractivity contribution < 1.29 is 5.11 Å². The third-order valence-electron chi connectivity index (χ3n) is 3.14. The van der Waals surface area contributed by atoms with Crippen LogP contribution in [-0.4, -0.2) is 11.2 Å². The lowest BCUT2D eigenvalue weighted by Gasteiger charge is -2.33. The van der Waals surface area contributed by atoms with E-state index < -0.39 is 0 Å². The maximum absolute atomic E-state index is 9.60. The molecule has 0 amide bonds. The van der Waals surface area contributed by atoms with E-state index in [2.05, 4.69) is 20.8 Å². The van der Waals surface area contributed by atoms with Gasteiger partial charge in [-0.25, -0.2) is 0 Å². The fourth-order valence-electron chi connectivity index (χ4n) is 1.94. The van der Waals surface area contributed by atoms with Crippen LogP contribution in [0.5, 0.6) is 0 Å². The summed E-state index contributed by atoms with van der Waals surface area (Å²) in [6.45, 7) is 10.7. The molecule has 0 bridgehead atoms. The van der Waals surface area contributed by atoms with Gasteiger partial charge in [0.1, 0.15) is 0 Å². The zero-order valence-corrected chi connectivity index (χ0v) is 9.88. The molecule has 1 rings (SSSR count). The van der Waals surface area contributed by atoms with Crippen LogP contribution in [0.15, 0.2) is 0 Å². The Morgan fingerprint density at radius 2 is 1.69 bits per heavy atom. The molecule has 3 unspecified atom stereocenters. The van der Waals surface area contributed by atoms with Crippen LogP contribution >= 0.6 is 0 Å². The highest BCUT2D eigenvalue weighted by Gasteiger charge is 2.27. The van der Waals surface area contributed by atoms with Gasteiger partial charge in [0.05, 0.1) is 6.10 Å². The fourth-order valence-corrected chi connectivity index (χ4v) is 1.94. The van der Waals surface area contributed by atoms with E-state index in [9.17, 15) is 5.11 Å². The predicted molar refractivity (Wildman–Crippen MR) is 58.7 cm³/mol. The second-order valence-electron chi connectivity index (χ2n) is 4.36. The Morgan fingerprint density at radius 3 is 2.08 bits per heavy atom. The van der Waals surface area contributed by atoms with Crippen molar-refractivity contribution in [3.63, 3.8) is 0 Å². The quantitative estimate of drug-likeness (QED) is 0.665. The van der Waals surface area contributed by atoms with Gasteiger partial charge in [-0.05, 0) is 37.0 Å². The van der Waals surface area contributed by atoms with Crippen molar-refractivity contribution in [3.05, 3.63) is 0 Å². The summed E-state index contributed by atoms with van der Waals surface area (Å²) in [4.78, 5) is 0. The van der Waals surface area contributed by atoms with Crippen LogP contribution in [0.1, 0.15) is 53.9 Å². The Bertz CT molecular complexity index is 120. The molecule has 0 aromatic heterocycles. The lowest BCUT2D eigenvalue weighted by Crippen LogP contribution is -2.29. The normalized spacial score (nSPS) is 33.9. The number of rotatable bonds is 1. The van der Waals surface area contributed by atoms with Gasteiger partial charge in [0.25, 0.3) is 0 Å². The third kappa shape index (κ3) is 4.12. The van der Waals surface area contributed by atoms with Crippen LogP contribution in [-0.2, 0) is 0 Å². The predicted octanol–water partition coefficient (Wildman–Crippen LogP) is 3.47. The van der Waals surface area contributed by atoms with Crippen molar-refractivity contribution in [2.24, 2.45) is 17.8 Å². The molecule has 1 nitrogen and oxygen atoms in total. The van der Waals surface area contributed by atoms with Crippen LogP contribution in [0.4, 0.5) is 0 Å². The zero-order chi connectivity index (χ0) is 10.4. The van der Waals surface area contributed by atoms with E-state index in [1.807, 2.05) is 13.8 Å². The van der Waals surface area contributed by atoms with E-state index in [4.69, 9.17) is 0 Å². The van der Waals surface area contributed by atoms with Crippen LogP contribution in [0.25, 0.3) is 0 Å². The Labute approximate surface area is 83.5 Å². The van der Waals surface area contributed by atoms with E-state index in [1.165, 1.54) is 12.8 Å². The number of aliphatic hydroxyl groups is 1. The molecule has 13 heavy (non-hydrogen) atoms. The molecule has 1 fully saturated rings. The topological polar surface area (TPSA) is 20.2 Å². The number of hydrogen-bond donors (Lipinski definition) is 1. The molecule has 0 heterocycles. The highest BCUT2D eigenvalue weighted by Crippen LogP contribution is 2.32. The third-order valence-corrected chi connectivity index (χ3v) is 3.14. The summed E-state index contributed by atoms with van der Waals surface area (Å²) in [5.74, 6) is 2.04. The molecule has 3 atom stereocenters. The maximum Gasteiger partial charge on any atom is 0.0568 e. The fraction of sp³-hybridized carbons (Fsp3) is 1.00. The summed E-state index contributed by atoms with van der Waals surface area (Å²) >= 11 is 0. The van der Waals surface area contributed by atoms with Gasteiger partial charge in [0.2, 0.25) is 0 Å². The molecule has 0 saturated heterocycles. The van der Waals surface area contributed by atoms with Crippen LogP contribution in [0.2, 0.25) is 0 Å². The van der Waals surface area contributed by atoms with Gasteiger partial charge in [-0.15, -0.1) is 0 Å². The van der Waals surface area contributed by atoms with Crippen molar-refractivity contribution in [1.82, 2.24) is 0 Å². The molecule has 1 aliphatic carbocycles. The lowest BCUT2D eigenvalue weighted by atomic mass is 9.76. The van der Waals surface area contributed by atoms with E-state index in [1.54, 1.807) is 0 Å². The molecule has 1 saturated carbocycles. The van der Waals surface area contributed by atoms with Crippen LogP contribution in [0, 0.1) is 17.8 Å². The van der Waals surface area contributed by atoms with Crippen molar-refractivity contribution in [2.75, 3.05) is 0 Å². The first-order chi connectivity index (χ1) is 6.11. The summed E-state index contributed by atoms with van der Waals surface area (Å²) in [7, 11) is 0. The second-order valence-corrected chi connectivity index (χ2v) is 4.36. The van der Waals surface area contributed by atoms with E-state index in [-0.39, 0.29) is 6.10 Å². The summed E-state index contributed by atoms with van der Waals surface area (Å²) in [5, 5.41) is 9.60. The molecule has 0 aliphatic heterocycles. The van der Waals surface area contributed by atoms with Gasteiger partial charge >= 0.3 is 0 Å². The molecule has 80 valence electrons. The Balaban J connectivity index is 0.000000671. The second kappa shape index (κ2) is 6.42. The number of aliphatic hydroxyl groups excluding tert-OH is 1. The Hall–Kier alpha value is -0.0400. The van der Waals surface area contributed by atoms with Crippen molar-refractivity contribution >= 4 is 0 Å². The van der Waals surface area contributed by atoms with E-state index >= 15 is 0 Å². The Morgan fingerprint density at radius 1 is 1.15 bits per heavy atom. The zero-order valence-electron chi connectivity index (χ0n) is 9.88. The lowest BCUT2D eigenvalue weighted by molar-refractivity contribution is 0.0410. The van der Waals surface area contributed by atoms with Crippen molar-refractivity contribution in [3.8, 4) is 0 Å². The average Bonchev–Trinajstić information content (AvgIpc) is 2.13. The van der Waals surface area contributed by atoms with Gasteiger partial charge in [0, 0.05) is 0 Å². The minimum Gasteiger partial charge on any atom is -0.393 e. The molecule has 0 spiro atoms. The largest absolute Gasteiger partial charge is 0.393 e. The smallest absolute Gasteiger partial charge is 0.0568 e. The minimum atomic E-state index is -0.0313. The number of hydrogen-bond acceptors (Lipinski definition) is 1. The Kier molecular flexibility index (Phi) is 6.40. The molecule has 1 heteroatoms. The summed E-state index contributed by atoms with van der Waals surface area (Å²) < 4.78 is 0. The minimum absolute atomic E-state index is 0.0313. The highest BCUT2D eigenvalue weighted by atomic mass is 16.3. The molecule has 1 N–H and O–H groups in total. The summed E-state index contributed by atoms with van der Waals surface area (Å²) in [5.41, 5.74) is 0. The maximum atomic E-state index is 9.60. The molecule has 0 aromatic carbocycles. The monoisotopic (exact) mass is 186 g/mol. The van der Waals surface area contributed by atoms with E-state index in [0.29, 0.717) is 5.92 Å². The van der Waals surface area contributed by atoms with E-state index in [0.717, 1.165) is 18.3 Å². The van der Waals surface area contributed by atoms with Gasteiger partial charge < -0.3 is 5.11 Å². The SMILES string of the molecule is CC.CC(C)C1CCC(C)C(O)C1. The van der Waals surface area contributed by atoms with Crippen LogP contribution < -0.4 is 0 Å². The molecule has 0 aromatic rings. The van der Waals surface area contributed by atoms with Crippen molar-refractivity contribution in [1.29, 1.82) is 0 Å². The first-order valence-corrected chi connectivity index (χ1v) is 5.79. The standard InChI is InChI=1S/C10H20O.C2H6/c1-7(2)9-5-4-8(3)10(11)6-9;1-2/h7-11H,4-6H2,1-3H3;1-2H3. The average molecular weight is 186 g/mol. The molecular weight excluding hydrogens is 160 g/mol. The van der Waals surface area contributed by atoms with Gasteiger partial charge in [-0.3, -0.25) is 0 Å². The summed E-state index contributed by atoms with van der Waals surface area (Å²) in [6.07, 6.45) is 3.52. The first kappa shape index (κ1) is 13.0. The first-order valence-electron chi connectivity index (χ1n) is 5.79. The molecule has 0 radical (unpaired) electrons. The van der Waals surface area contributed by atoms with Gasteiger partial charge in [-0.1, -0.05) is 34.6 Å². The summed E-state index contributed by atoms with van der Waals surface area (Å²) in [6, 6.07) is 0. The van der Waals surface area contributed by atoms with Crippen LogP contribution in [0.3, 0.4) is 0 Å². The highest BCUT2D eigenvalue weighted by molar-refractivity contribution is 4.78. The molecule has 1 aliphatic rings. The van der Waals surface area contributed by atoms with Crippen molar-refractivity contribution in [2.45, 2.75) is 60.0 Å². The van der Waals surface area contributed by atoms with Gasteiger partial charge in [-0.2, -0.15) is 0 Å². The van der Waals surface area contributed by atoms with Gasteiger partial charge in [0.15, 0.2) is 0 Å².